The number of rotatable bonds is 4. The zero-order valence-corrected chi connectivity index (χ0v) is 31.5. The standard InChI is InChI=1S/C53H31N5O/c1-2-14-32(15-3-1)51-54-52(56-53(55-51)58-45-23-11-6-18-37(45)38-19-7-12-24-46(38)58)43-31-49-50(40-21-9-13-25-48(40)59-49)42-30-35(26-27-36(42)43)57-44-22-10-8-20-39(44)41-28-33-16-4-5-17-34(33)29-47(41)57/h1-31H. The van der Waals surface area contributed by atoms with Crippen molar-refractivity contribution in [3.8, 4) is 34.4 Å². The van der Waals surface area contributed by atoms with Gasteiger partial charge in [-0.05, 0) is 76.1 Å². The number of nitrogens with zero attached hydrogens (tertiary/aromatic N) is 5. The van der Waals surface area contributed by atoms with Crippen LogP contribution in [0.5, 0.6) is 0 Å². The van der Waals surface area contributed by atoms with Crippen molar-refractivity contribution < 1.29 is 4.42 Å². The molecule has 0 aliphatic carbocycles. The molecule has 59 heavy (non-hydrogen) atoms. The van der Waals surface area contributed by atoms with Crippen molar-refractivity contribution in [1.29, 1.82) is 0 Å². The molecule has 0 atom stereocenters. The topological polar surface area (TPSA) is 61.7 Å². The summed E-state index contributed by atoms with van der Waals surface area (Å²) in [6.45, 7) is 0. The van der Waals surface area contributed by atoms with Gasteiger partial charge in [0.1, 0.15) is 11.2 Å². The highest BCUT2D eigenvalue weighted by molar-refractivity contribution is 6.22. The van der Waals surface area contributed by atoms with Crippen molar-refractivity contribution in [1.82, 2.24) is 24.1 Å². The van der Waals surface area contributed by atoms with Crippen LogP contribution in [0.1, 0.15) is 0 Å². The zero-order chi connectivity index (χ0) is 38.6. The summed E-state index contributed by atoms with van der Waals surface area (Å²) >= 11 is 0. The van der Waals surface area contributed by atoms with Gasteiger partial charge in [-0.25, -0.2) is 4.98 Å². The molecule has 0 bridgehead atoms. The summed E-state index contributed by atoms with van der Waals surface area (Å²) in [6, 6.07) is 66.2. The first-order valence-electron chi connectivity index (χ1n) is 19.9. The van der Waals surface area contributed by atoms with Crippen LogP contribution < -0.4 is 0 Å². The highest BCUT2D eigenvalue weighted by Gasteiger charge is 2.22. The Balaban J connectivity index is 1.13. The van der Waals surface area contributed by atoms with Crippen molar-refractivity contribution in [3.63, 3.8) is 0 Å². The van der Waals surface area contributed by atoms with Crippen LogP contribution in [-0.4, -0.2) is 24.1 Å². The second-order valence-electron chi connectivity index (χ2n) is 15.2. The van der Waals surface area contributed by atoms with Gasteiger partial charge in [-0.15, -0.1) is 0 Å². The molecule has 0 spiro atoms. The highest BCUT2D eigenvalue weighted by Crippen LogP contribution is 2.42. The van der Waals surface area contributed by atoms with Crippen LogP contribution in [0, 0.1) is 0 Å². The van der Waals surface area contributed by atoms with E-state index >= 15 is 0 Å². The van der Waals surface area contributed by atoms with Crippen molar-refractivity contribution in [2.45, 2.75) is 0 Å². The van der Waals surface area contributed by atoms with Crippen LogP contribution in [0.2, 0.25) is 0 Å². The smallest absolute Gasteiger partial charge is 0.238 e. The van der Waals surface area contributed by atoms with Gasteiger partial charge < -0.3 is 8.98 Å². The van der Waals surface area contributed by atoms with E-state index < -0.39 is 0 Å². The second kappa shape index (κ2) is 12.2. The molecule has 13 aromatic rings. The maximum absolute atomic E-state index is 6.69. The maximum atomic E-state index is 6.69. The number of hydrogen-bond acceptors (Lipinski definition) is 4. The molecule has 0 aliphatic rings. The van der Waals surface area contributed by atoms with Crippen molar-refractivity contribution >= 4 is 87.1 Å². The first kappa shape index (κ1) is 32.0. The van der Waals surface area contributed by atoms with Gasteiger partial charge in [-0.1, -0.05) is 133 Å². The quantitative estimate of drug-likeness (QED) is 0.180. The molecule has 0 saturated heterocycles. The van der Waals surface area contributed by atoms with E-state index in [1.807, 2.05) is 30.3 Å². The van der Waals surface area contributed by atoms with Crippen LogP contribution in [-0.2, 0) is 0 Å². The Labute approximate surface area is 336 Å². The first-order chi connectivity index (χ1) is 29.2. The molecule has 13 rings (SSSR count). The predicted molar refractivity (Wildman–Crippen MR) is 242 cm³/mol. The molecule has 0 aliphatic heterocycles. The average Bonchev–Trinajstić information content (AvgIpc) is 3.95. The molecule has 0 N–H and O–H groups in total. The molecule has 9 aromatic carbocycles. The largest absolute Gasteiger partial charge is 0.456 e. The summed E-state index contributed by atoms with van der Waals surface area (Å²) < 4.78 is 11.2. The summed E-state index contributed by atoms with van der Waals surface area (Å²) in [7, 11) is 0. The van der Waals surface area contributed by atoms with Gasteiger partial charge in [0, 0.05) is 49.1 Å². The Hall–Kier alpha value is -8.09. The van der Waals surface area contributed by atoms with Crippen molar-refractivity contribution in [2.75, 3.05) is 0 Å². The fraction of sp³-hybridized carbons (Fsp3) is 0. The molecule has 274 valence electrons. The minimum Gasteiger partial charge on any atom is -0.456 e. The summed E-state index contributed by atoms with van der Waals surface area (Å²) in [5.41, 5.74) is 8.84. The molecule has 0 radical (unpaired) electrons. The number of hydrogen-bond donors (Lipinski definition) is 0. The number of fused-ring (bicyclic) bond motifs is 12. The number of furan rings is 1. The number of aromatic nitrogens is 5. The molecule has 0 saturated carbocycles. The van der Waals surface area contributed by atoms with E-state index in [2.05, 4.69) is 167 Å². The van der Waals surface area contributed by atoms with E-state index in [-0.39, 0.29) is 0 Å². The van der Waals surface area contributed by atoms with E-state index in [1.165, 1.54) is 21.5 Å². The summed E-state index contributed by atoms with van der Waals surface area (Å²) in [5.74, 6) is 1.72. The number of para-hydroxylation sites is 4. The monoisotopic (exact) mass is 753 g/mol. The molecular weight excluding hydrogens is 723 g/mol. The molecule has 0 amide bonds. The average molecular weight is 754 g/mol. The lowest BCUT2D eigenvalue weighted by atomic mass is 9.98. The third-order valence-corrected chi connectivity index (χ3v) is 11.9. The van der Waals surface area contributed by atoms with E-state index in [0.717, 1.165) is 82.4 Å². The normalized spacial score (nSPS) is 12.1. The molecule has 6 nitrogen and oxygen atoms in total. The Morgan fingerprint density at radius 3 is 1.69 bits per heavy atom. The fourth-order valence-electron chi connectivity index (χ4n) is 9.32. The van der Waals surface area contributed by atoms with Gasteiger partial charge >= 0.3 is 0 Å². The second-order valence-corrected chi connectivity index (χ2v) is 15.2. The molecule has 6 heteroatoms. The minimum absolute atomic E-state index is 0.554. The van der Waals surface area contributed by atoms with Gasteiger partial charge in [0.05, 0.1) is 22.1 Å². The van der Waals surface area contributed by atoms with Crippen LogP contribution in [0.4, 0.5) is 0 Å². The maximum Gasteiger partial charge on any atom is 0.238 e. The van der Waals surface area contributed by atoms with Gasteiger partial charge in [0.15, 0.2) is 11.6 Å². The van der Waals surface area contributed by atoms with Crippen molar-refractivity contribution in [2.24, 2.45) is 0 Å². The lowest BCUT2D eigenvalue weighted by Gasteiger charge is -2.14. The fourth-order valence-corrected chi connectivity index (χ4v) is 9.32. The van der Waals surface area contributed by atoms with Crippen LogP contribution in [0.3, 0.4) is 0 Å². The zero-order valence-electron chi connectivity index (χ0n) is 31.5. The molecule has 0 fully saturated rings. The predicted octanol–water partition coefficient (Wildman–Crippen LogP) is 13.6. The Morgan fingerprint density at radius 2 is 0.949 bits per heavy atom. The highest BCUT2D eigenvalue weighted by atomic mass is 16.3. The van der Waals surface area contributed by atoms with Gasteiger partial charge in [0.25, 0.3) is 0 Å². The van der Waals surface area contributed by atoms with E-state index in [4.69, 9.17) is 19.4 Å². The van der Waals surface area contributed by atoms with Crippen LogP contribution in [0.15, 0.2) is 192 Å². The Kier molecular flexibility index (Phi) is 6.63. The molecule has 4 heterocycles. The molecule has 4 aromatic heterocycles. The lowest BCUT2D eigenvalue weighted by Crippen LogP contribution is -2.06. The minimum atomic E-state index is 0.554. The van der Waals surface area contributed by atoms with Gasteiger partial charge in [-0.2, -0.15) is 9.97 Å². The molecular formula is C53H31N5O. The van der Waals surface area contributed by atoms with Crippen LogP contribution >= 0.6 is 0 Å². The summed E-state index contributed by atoms with van der Waals surface area (Å²) in [6.07, 6.45) is 0. The van der Waals surface area contributed by atoms with E-state index in [1.54, 1.807) is 0 Å². The number of benzene rings is 9. The summed E-state index contributed by atoms with van der Waals surface area (Å²) in [5, 5.41) is 11.4. The molecule has 0 unspecified atom stereocenters. The van der Waals surface area contributed by atoms with Gasteiger partial charge in [0.2, 0.25) is 5.95 Å². The third kappa shape index (κ3) is 4.71. The summed E-state index contributed by atoms with van der Waals surface area (Å²) in [4.78, 5) is 15.8. The first-order valence-corrected chi connectivity index (χ1v) is 19.9. The van der Waals surface area contributed by atoms with Crippen LogP contribution in [0.25, 0.3) is 122 Å². The Bertz CT molecular complexity index is 3800. The SMILES string of the molecule is c1ccc(-c2nc(-c3cc4oc5ccccc5c4c4cc(-n5c6ccccc6c6cc7ccccc7cc65)ccc34)nc(-n3c4ccccc4c4ccccc43)n2)cc1. The van der Waals surface area contributed by atoms with Crippen molar-refractivity contribution in [3.05, 3.63) is 188 Å². The van der Waals surface area contributed by atoms with E-state index in [0.29, 0.717) is 17.6 Å². The Morgan fingerprint density at radius 1 is 0.356 bits per heavy atom. The third-order valence-electron chi connectivity index (χ3n) is 11.9. The van der Waals surface area contributed by atoms with E-state index in [9.17, 15) is 0 Å². The lowest BCUT2D eigenvalue weighted by molar-refractivity contribution is 0.669. The van der Waals surface area contributed by atoms with Gasteiger partial charge in [-0.3, -0.25) is 4.57 Å².